The van der Waals surface area contributed by atoms with Gasteiger partial charge in [-0.25, -0.2) is 0 Å². The maximum absolute atomic E-state index is 12.2. The number of aliphatic carboxylic acids is 1. The van der Waals surface area contributed by atoms with Crippen molar-refractivity contribution in [3.8, 4) is 0 Å². The van der Waals surface area contributed by atoms with Crippen molar-refractivity contribution in [3.63, 3.8) is 0 Å². The molecule has 0 radical (unpaired) electrons. The third-order valence-electron chi connectivity index (χ3n) is 3.77. The summed E-state index contributed by atoms with van der Waals surface area (Å²) in [7, 11) is 0. The Morgan fingerprint density at radius 1 is 1.25 bits per heavy atom. The molecule has 1 unspecified atom stereocenters. The maximum Gasteiger partial charge on any atom is 0.306 e. The van der Waals surface area contributed by atoms with Crippen LogP contribution >= 0.6 is 0 Å². The molecule has 2 rings (SSSR count). The number of nitrogens with zero attached hydrogens (tertiary/aromatic N) is 1. The summed E-state index contributed by atoms with van der Waals surface area (Å²) in [5, 5.41) is 8.94. The fraction of sp³-hybridized carbons (Fsp3) is 0.467. The van der Waals surface area contributed by atoms with Crippen molar-refractivity contribution in [1.82, 2.24) is 4.90 Å². The second-order valence-electron chi connectivity index (χ2n) is 5.23. The molecular formula is C15H20N2O3. The highest BCUT2D eigenvalue weighted by Crippen LogP contribution is 2.18. The summed E-state index contributed by atoms with van der Waals surface area (Å²) in [5.74, 6) is -1.19. The average Bonchev–Trinajstić information content (AvgIpc) is 2.47. The van der Waals surface area contributed by atoms with E-state index in [1.165, 1.54) is 0 Å². The summed E-state index contributed by atoms with van der Waals surface area (Å²) in [6.07, 6.45) is 1.54. The van der Waals surface area contributed by atoms with Crippen molar-refractivity contribution in [2.75, 3.05) is 13.1 Å². The first kappa shape index (κ1) is 14.5. The lowest BCUT2D eigenvalue weighted by Gasteiger charge is -2.32. The lowest BCUT2D eigenvalue weighted by molar-refractivity contribution is -0.146. The van der Waals surface area contributed by atoms with E-state index in [0.29, 0.717) is 32.4 Å². The molecule has 1 aliphatic rings. The summed E-state index contributed by atoms with van der Waals surface area (Å²) in [4.78, 5) is 24.8. The molecule has 1 fully saturated rings. The van der Waals surface area contributed by atoms with E-state index in [0.717, 1.165) is 5.56 Å². The van der Waals surface area contributed by atoms with Crippen LogP contribution in [0.2, 0.25) is 0 Å². The van der Waals surface area contributed by atoms with Gasteiger partial charge >= 0.3 is 5.97 Å². The molecule has 1 aliphatic heterocycles. The molecule has 0 aromatic heterocycles. The van der Waals surface area contributed by atoms with Crippen LogP contribution in [0.3, 0.4) is 0 Å². The van der Waals surface area contributed by atoms with Gasteiger partial charge in [0.15, 0.2) is 0 Å². The minimum atomic E-state index is -0.773. The zero-order valence-electron chi connectivity index (χ0n) is 11.4. The van der Waals surface area contributed by atoms with Gasteiger partial charge in [0.05, 0.1) is 12.0 Å². The van der Waals surface area contributed by atoms with Crippen LogP contribution in [0.5, 0.6) is 0 Å². The number of carbonyl (C=O) groups excluding carboxylic acids is 1. The Morgan fingerprint density at radius 2 is 1.85 bits per heavy atom. The smallest absolute Gasteiger partial charge is 0.306 e. The third-order valence-corrected chi connectivity index (χ3v) is 3.77. The predicted molar refractivity (Wildman–Crippen MR) is 75.1 cm³/mol. The first-order valence-corrected chi connectivity index (χ1v) is 6.89. The lowest BCUT2D eigenvalue weighted by atomic mass is 9.96. The molecular weight excluding hydrogens is 256 g/mol. The molecule has 1 amide bonds. The highest BCUT2D eigenvalue weighted by Gasteiger charge is 2.29. The number of nitrogens with two attached hydrogens (primary N) is 1. The molecule has 0 aliphatic carbocycles. The largest absolute Gasteiger partial charge is 0.481 e. The van der Waals surface area contributed by atoms with Crippen LogP contribution in [0.1, 0.15) is 18.4 Å². The molecule has 1 atom stereocenters. The zero-order valence-corrected chi connectivity index (χ0v) is 11.4. The van der Waals surface area contributed by atoms with Gasteiger partial charge in [-0.1, -0.05) is 30.3 Å². The Hall–Kier alpha value is -1.88. The molecule has 0 spiro atoms. The van der Waals surface area contributed by atoms with Crippen molar-refractivity contribution in [1.29, 1.82) is 0 Å². The second-order valence-corrected chi connectivity index (χ2v) is 5.23. The van der Waals surface area contributed by atoms with Crippen molar-refractivity contribution >= 4 is 11.9 Å². The number of amides is 1. The van der Waals surface area contributed by atoms with Gasteiger partial charge < -0.3 is 15.7 Å². The number of likely N-dealkylation sites (tertiary alicyclic amines) is 1. The summed E-state index contributed by atoms with van der Waals surface area (Å²) in [5.41, 5.74) is 7.00. The summed E-state index contributed by atoms with van der Waals surface area (Å²) >= 11 is 0. The normalized spacial score (nSPS) is 17.8. The number of benzene rings is 1. The first-order chi connectivity index (χ1) is 9.58. The van der Waals surface area contributed by atoms with Gasteiger partial charge in [0, 0.05) is 13.1 Å². The second kappa shape index (κ2) is 6.52. The highest BCUT2D eigenvalue weighted by atomic mass is 16.4. The Bertz CT molecular complexity index is 467. The van der Waals surface area contributed by atoms with Crippen LogP contribution in [0.15, 0.2) is 30.3 Å². The first-order valence-electron chi connectivity index (χ1n) is 6.89. The summed E-state index contributed by atoms with van der Waals surface area (Å²) in [6.45, 7) is 0.969. The molecule has 5 heteroatoms. The van der Waals surface area contributed by atoms with E-state index in [9.17, 15) is 9.59 Å². The van der Waals surface area contributed by atoms with Crippen LogP contribution in [-0.2, 0) is 16.0 Å². The quantitative estimate of drug-likeness (QED) is 0.855. The summed E-state index contributed by atoms with van der Waals surface area (Å²) < 4.78 is 0. The molecule has 3 N–H and O–H groups in total. The van der Waals surface area contributed by atoms with E-state index in [-0.39, 0.29) is 11.8 Å². The number of rotatable bonds is 4. The SMILES string of the molecule is NC(Cc1ccccc1)C(=O)N1CCC(C(=O)O)CC1. The lowest BCUT2D eigenvalue weighted by Crippen LogP contribution is -2.48. The third kappa shape index (κ3) is 3.57. The predicted octanol–water partition coefficient (Wildman–Crippen LogP) is 0.880. The Labute approximate surface area is 118 Å². The molecule has 0 bridgehead atoms. The van der Waals surface area contributed by atoms with Gasteiger partial charge in [-0.2, -0.15) is 0 Å². The van der Waals surface area contributed by atoms with Crippen molar-refractivity contribution in [3.05, 3.63) is 35.9 Å². The molecule has 108 valence electrons. The van der Waals surface area contributed by atoms with E-state index in [4.69, 9.17) is 10.8 Å². The monoisotopic (exact) mass is 276 g/mol. The Kier molecular flexibility index (Phi) is 4.74. The number of hydrogen-bond acceptors (Lipinski definition) is 3. The summed E-state index contributed by atoms with van der Waals surface area (Å²) in [6, 6.07) is 9.11. The minimum absolute atomic E-state index is 0.0855. The van der Waals surface area contributed by atoms with E-state index >= 15 is 0 Å². The number of piperidine rings is 1. The molecule has 0 saturated carbocycles. The molecule has 1 aromatic rings. The van der Waals surface area contributed by atoms with Gasteiger partial charge in [-0.3, -0.25) is 9.59 Å². The van der Waals surface area contributed by atoms with Crippen molar-refractivity contribution < 1.29 is 14.7 Å². The minimum Gasteiger partial charge on any atom is -0.481 e. The molecule has 1 saturated heterocycles. The number of hydrogen-bond donors (Lipinski definition) is 2. The van der Waals surface area contributed by atoms with E-state index in [1.54, 1.807) is 4.90 Å². The number of carboxylic acids is 1. The van der Waals surface area contributed by atoms with Crippen LogP contribution in [0.25, 0.3) is 0 Å². The van der Waals surface area contributed by atoms with E-state index < -0.39 is 12.0 Å². The van der Waals surface area contributed by atoms with Gasteiger partial charge in [0.25, 0.3) is 0 Å². The zero-order chi connectivity index (χ0) is 14.5. The molecule has 1 heterocycles. The van der Waals surface area contributed by atoms with E-state index in [1.807, 2.05) is 30.3 Å². The number of carbonyl (C=O) groups is 2. The van der Waals surface area contributed by atoms with Crippen molar-refractivity contribution in [2.45, 2.75) is 25.3 Å². The van der Waals surface area contributed by atoms with E-state index in [2.05, 4.69) is 0 Å². The fourth-order valence-electron chi connectivity index (χ4n) is 2.54. The fourth-order valence-corrected chi connectivity index (χ4v) is 2.54. The number of carboxylic acid groups (broad SMARTS) is 1. The maximum atomic E-state index is 12.2. The van der Waals surface area contributed by atoms with Gasteiger partial charge in [-0.15, -0.1) is 0 Å². The standard InChI is InChI=1S/C15H20N2O3/c16-13(10-11-4-2-1-3-5-11)14(18)17-8-6-12(7-9-17)15(19)20/h1-5,12-13H,6-10,16H2,(H,19,20). The molecule has 1 aromatic carbocycles. The average molecular weight is 276 g/mol. The molecule has 20 heavy (non-hydrogen) atoms. The topological polar surface area (TPSA) is 83.6 Å². The van der Waals surface area contributed by atoms with Gasteiger partial charge in [0.1, 0.15) is 0 Å². The molecule has 5 nitrogen and oxygen atoms in total. The Morgan fingerprint density at radius 3 is 2.40 bits per heavy atom. The van der Waals surface area contributed by atoms with Crippen LogP contribution in [0, 0.1) is 5.92 Å². The van der Waals surface area contributed by atoms with Gasteiger partial charge in [-0.05, 0) is 24.8 Å². The van der Waals surface area contributed by atoms with Gasteiger partial charge in [0.2, 0.25) is 5.91 Å². The van der Waals surface area contributed by atoms with Crippen molar-refractivity contribution in [2.24, 2.45) is 11.7 Å². The highest BCUT2D eigenvalue weighted by molar-refractivity contribution is 5.82. The van der Waals surface area contributed by atoms with Crippen LogP contribution in [0.4, 0.5) is 0 Å². The van der Waals surface area contributed by atoms with Crippen LogP contribution in [-0.4, -0.2) is 41.0 Å². The Balaban J connectivity index is 1.87. The van der Waals surface area contributed by atoms with Crippen LogP contribution < -0.4 is 5.73 Å².